The van der Waals surface area contributed by atoms with Gasteiger partial charge in [-0.25, -0.2) is 13.1 Å². The van der Waals surface area contributed by atoms with Gasteiger partial charge in [0.2, 0.25) is 10.0 Å². The Morgan fingerprint density at radius 3 is 2.67 bits per heavy atom. The van der Waals surface area contributed by atoms with Crippen molar-refractivity contribution in [3.8, 4) is 0 Å². The van der Waals surface area contributed by atoms with Crippen LogP contribution in [0.15, 0.2) is 59.5 Å². The monoisotopic (exact) mass is 386 g/mol. The first-order valence-corrected chi connectivity index (χ1v) is 10.9. The lowest BCUT2D eigenvalue weighted by Crippen LogP contribution is -2.39. The average molecular weight is 387 g/mol. The summed E-state index contributed by atoms with van der Waals surface area (Å²) < 4.78 is 27.8. The Hall–Kier alpha value is -2.18. The fourth-order valence-corrected chi connectivity index (χ4v) is 4.48. The summed E-state index contributed by atoms with van der Waals surface area (Å²) in [6.45, 7) is 3.84. The van der Waals surface area contributed by atoms with Crippen LogP contribution in [0, 0.1) is 5.92 Å². The third-order valence-electron chi connectivity index (χ3n) is 5.08. The van der Waals surface area contributed by atoms with Crippen LogP contribution in [0.4, 0.5) is 0 Å². The molecule has 2 aromatic carbocycles. The van der Waals surface area contributed by atoms with Gasteiger partial charge in [0.15, 0.2) is 0 Å². The summed E-state index contributed by atoms with van der Waals surface area (Å²) in [7, 11) is -3.68. The van der Waals surface area contributed by atoms with Crippen LogP contribution in [0.5, 0.6) is 0 Å². The smallest absolute Gasteiger partial charge is 0.253 e. The van der Waals surface area contributed by atoms with E-state index in [1.54, 1.807) is 12.1 Å². The number of sulfonamides is 1. The average Bonchev–Trinajstić information content (AvgIpc) is 2.72. The zero-order chi connectivity index (χ0) is 19.3. The lowest BCUT2D eigenvalue weighted by atomic mass is 9.95. The molecule has 1 fully saturated rings. The molecule has 1 amide bonds. The lowest BCUT2D eigenvalue weighted by molar-refractivity contribution is 0.0671. The van der Waals surface area contributed by atoms with Crippen LogP contribution in [-0.4, -0.2) is 32.3 Å². The van der Waals surface area contributed by atoms with Crippen LogP contribution in [0.3, 0.4) is 0 Å². The SMILES string of the molecule is CCC1CCCN(C(=O)c2cccc(S(=O)(=O)NCc3ccccc3)c2)C1. The molecule has 5 nitrogen and oxygen atoms in total. The molecule has 0 aliphatic carbocycles. The molecule has 1 aliphatic heterocycles. The summed E-state index contributed by atoms with van der Waals surface area (Å²) in [6, 6.07) is 15.7. The van der Waals surface area contributed by atoms with Gasteiger partial charge >= 0.3 is 0 Å². The van der Waals surface area contributed by atoms with E-state index in [0.29, 0.717) is 11.5 Å². The van der Waals surface area contributed by atoms with Crippen LogP contribution >= 0.6 is 0 Å². The van der Waals surface area contributed by atoms with Crippen LogP contribution in [-0.2, 0) is 16.6 Å². The van der Waals surface area contributed by atoms with Crippen molar-refractivity contribution < 1.29 is 13.2 Å². The highest BCUT2D eigenvalue weighted by molar-refractivity contribution is 7.89. The van der Waals surface area contributed by atoms with Gasteiger partial charge in [0.05, 0.1) is 4.90 Å². The summed E-state index contributed by atoms with van der Waals surface area (Å²) in [5, 5.41) is 0. The quantitative estimate of drug-likeness (QED) is 0.827. The second-order valence-electron chi connectivity index (χ2n) is 7.01. The van der Waals surface area contributed by atoms with E-state index in [9.17, 15) is 13.2 Å². The van der Waals surface area contributed by atoms with Crippen molar-refractivity contribution in [2.45, 2.75) is 37.6 Å². The molecule has 0 aromatic heterocycles. The number of carbonyl (C=O) groups is 1. The first-order chi connectivity index (χ1) is 13.0. The van der Waals surface area contributed by atoms with E-state index >= 15 is 0 Å². The van der Waals surface area contributed by atoms with E-state index in [4.69, 9.17) is 0 Å². The maximum Gasteiger partial charge on any atom is 0.253 e. The van der Waals surface area contributed by atoms with Gasteiger partial charge in [-0.15, -0.1) is 0 Å². The van der Waals surface area contributed by atoms with E-state index < -0.39 is 10.0 Å². The Morgan fingerprint density at radius 2 is 1.93 bits per heavy atom. The van der Waals surface area contributed by atoms with Gasteiger partial charge in [-0.2, -0.15) is 0 Å². The maximum absolute atomic E-state index is 12.8. The predicted molar refractivity (Wildman–Crippen MR) is 106 cm³/mol. The van der Waals surface area contributed by atoms with Crippen molar-refractivity contribution in [2.24, 2.45) is 5.92 Å². The number of nitrogens with one attached hydrogen (secondary N) is 1. The molecule has 3 rings (SSSR count). The van der Waals surface area contributed by atoms with E-state index in [1.165, 1.54) is 12.1 Å². The van der Waals surface area contributed by atoms with E-state index in [0.717, 1.165) is 37.9 Å². The Labute approximate surface area is 161 Å². The predicted octanol–water partition coefficient (Wildman–Crippen LogP) is 3.43. The minimum atomic E-state index is -3.68. The van der Waals surface area contributed by atoms with Crippen LogP contribution in [0.25, 0.3) is 0 Å². The first kappa shape index (κ1) is 19.6. The Bertz CT molecular complexity index is 881. The molecule has 1 saturated heterocycles. The molecule has 1 unspecified atom stereocenters. The lowest BCUT2D eigenvalue weighted by Gasteiger charge is -2.32. The van der Waals surface area contributed by atoms with Gasteiger partial charge in [0.25, 0.3) is 5.91 Å². The Balaban J connectivity index is 1.73. The molecule has 6 heteroatoms. The third-order valence-corrected chi connectivity index (χ3v) is 6.48. The van der Waals surface area contributed by atoms with Crippen molar-refractivity contribution in [1.82, 2.24) is 9.62 Å². The molecule has 1 N–H and O–H groups in total. The van der Waals surface area contributed by atoms with Crippen molar-refractivity contribution in [2.75, 3.05) is 13.1 Å². The summed E-state index contributed by atoms with van der Waals surface area (Å²) >= 11 is 0. The molecule has 2 aromatic rings. The first-order valence-electron chi connectivity index (χ1n) is 9.42. The molecular formula is C21H26N2O3S. The second-order valence-corrected chi connectivity index (χ2v) is 8.77. The number of amides is 1. The summed E-state index contributed by atoms with van der Waals surface area (Å²) in [4.78, 5) is 14.8. The number of hydrogen-bond donors (Lipinski definition) is 1. The molecule has 0 spiro atoms. The summed E-state index contributed by atoms with van der Waals surface area (Å²) in [6.07, 6.45) is 3.21. The molecule has 0 saturated carbocycles. The highest BCUT2D eigenvalue weighted by Crippen LogP contribution is 2.22. The molecule has 1 aliphatic rings. The van der Waals surface area contributed by atoms with Crippen molar-refractivity contribution >= 4 is 15.9 Å². The topological polar surface area (TPSA) is 66.5 Å². The van der Waals surface area contributed by atoms with Crippen LogP contribution < -0.4 is 4.72 Å². The molecule has 144 valence electrons. The zero-order valence-corrected chi connectivity index (χ0v) is 16.4. The minimum Gasteiger partial charge on any atom is -0.338 e. The molecular weight excluding hydrogens is 360 g/mol. The Morgan fingerprint density at radius 1 is 1.15 bits per heavy atom. The van der Waals surface area contributed by atoms with Gasteiger partial charge in [-0.1, -0.05) is 49.7 Å². The number of carbonyl (C=O) groups excluding carboxylic acids is 1. The normalized spacial score (nSPS) is 17.7. The van der Waals surface area contributed by atoms with Gasteiger partial charge < -0.3 is 4.90 Å². The summed E-state index contributed by atoms with van der Waals surface area (Å²) in [5.41, 5.74) is 1.31. The highest BCUT2D eigenvalue weighted by atomic mass is 32.2. The Kier molecular flexibility index (Phi) is 6.29. The fourth-order valence-electron chi connectivity index (χ4n) is 3.42. The highest BCUT2D eigenvalue weighted by Gasteiger charge is 2.24. The second kappa shape index (κ2) is 8.67. The molecule has 1 atom stereocenters. The maximum atomic E-state index is 12.8. The zero-order valence-electron chi connectivity index (χ0n) is 15.6. The van der Waals surface area contributed by atoms with Crippen LogP contribution in [0.1, 0.15) is 42.1 Å². The van der Waals surface area contributed by atoms with Crippen molar-refractivity contribution in [3.05, 3.63) is 65.7 Å². The number of hydrogen-bond acceptors (Lipinski definition) is 3. The molecule has 0 bridgehead atoms. The molecule has 0 radical (unpaired) electrons. The number of benzene rings is 2. The van der Waals surface area contributed by atoms with Crippen molar-refractivity contribution in [3.63, 3.8) is 0 Å². The number of nitrogens with zero attached hydrogens (tertiary/aromatic N) is 1. The van der Waals surface area contributed by atoms with Gasteiger partial charge in [0, 0.05) is 25.2 Å². The number of rotatable bonds is 6. The number of likely N-dealkylation sites (tertiary alicyclic amines) is 1. The third kappa shape index (κ3) is 4.96. The summed E-state index contributed by atoms with van der Waals surface area (Å²) in [5.74, 6) is 0.440. The van der Waals surface area contributed by atoms with Crippen LogP contribution in [0.2, 0.25) is 0 Å². The van der Waals surface area contributed by atoms with Gasteiger partial charge in [0.1, 0.15) is 0 Å². The molecule has 1 heterocycles. The van der Waals surface area contributed by atoms with E-state index in [2.05, 4.69) is 11.6 Å². The molecule has 27 heavy (non-hydrogen) atoms. The number of piperidine rings is 1. The largest absolute Gasteiger partial charge is 0.338 e. The van der Waals surface area contributed by atoms with Gasteiger partial charge in [-0.3, -0.25) is 4.79 Å². The fraction of sp³-hybridized carbons (Fsp3) is 0.381. The van der Waals surface area contributed by atoms with E-state index in [-0.39, 0.29) is 17.3 Å². The van der Waals surface area contributed by atoms with Gasteiger partial charge in [-0.05, 0) is 42.5 Å². The van der Waals surface area contributed by atoms with Crippen molar-refractivity contribution in [1.29, 1.82) is 0 Å². The minimum absolute atomic E-state index is 0.0896. The standard InChI is InChI=1S/C21H26N2O3S/c1-2-17-10-7-13-23(16-17)21(24)19-11-6-12-20(14-19)27(25,26)22-15-18-8-4-3-5-9-18/h3-6,8-9,11-12,14,17,22H,2,7,10,13,15-16H2,1H3. The van der Waals surface area contributed by atoms with E-state index in [1.807, 2.05) is 35.2 Å².